The van der Waals surface area contributed by atoms with Gasteiger partial charge in [0.25, 0.3) is 0 Å². The molecule has 4 atom stereocenters. The molecule has 0 spiro atoms. The van der Waals surface area contributed by atoms with Gasteiger partial charge in [-0.3, -0.25) is 4.57 Å². The van der Waals surface area contributed by atoms with E-state index in [2.05, 4.69) is 35.5 Å². The summed E-state index contributed by atoms with van der Waals surface area (Å²) in [6.07, 6.45) is 5.67. The molecule has 3 rings (SSSR count). The van der Waals surface area contributed by atoms with E-state index in [4.69, 9.17) is 11.6 Å². The lowest BCUT2D eigenvalue weighted by Gasteiger charge is -2.30. The third kappa shape index (κ3) is 1.87. The molecular formula is C14H22ClN3. The van der Waals surface area contributed by atoms with Crippen LogP contribution in [0.4, 0.5) is 0 Å². The van der Waals surface area contributed by atoms with Crippen molar-refractivity contribution in [3.05, 3.63) is 11.1 Å². The van der Waals surface area contributed by atoms with Gasteiger partial charge in [0.1, 0.15) is 5.82 Å². The maximum absolute atomic E-state index is 6.25. The SMILES string of the molecule is CC(C)c1nnc(Cl)n1C(C)C1CC2CCC1C2. The molecule has 2 aliphatic carbocycles. The number of rotatable bonds is 3. The Kier molecular flexibility index (Phi) is 3.13. The summed E-state index contributed by atoms with van der Waals surface area (Å²) in [5.41, 5.74) is 0. The van der Waals surface area contributed by atoms with Crippen molar-refractivity contribution >= 4 is 11.6 Å². The van der Waals surface area contributed by atoms with Gasteiger partial charge in [-0.05, 0) is 55.5 Å². The quantitative estimate of drug-likeness (QED) is 0.827. The van der Waals surface area contributed by atoms with Crippen LogP contribution in [0.25, 0.3) is 0 Å². The summed E-state index contributed by atoms with van der Waals surface area (Å²) in [4.78, 5) is 0. The van der Waals surface area contributed by atoms with Crippen molar-refractivity contribution in [2.45, 2.75) is 58.4 Å². The van der Waals surface area contributed by atoms with Crippen LogP contribution < -0.4 is 0 Å². The van der Waals surface area contributed by atoms with Gasteiger partial charge in [0.05, 0.1) is 0 Å². The first-order chi connectivity index (χ1) is 8.58. The van der Waals surface area contributed by atoms with Crippen LogP contribution in [0.1, 0.15) is 64.2 Å². The van der Waals surface area contributed by atoms with E-state index in [9.17, 15) is 0 Å². The fourth-order valence-electron chi connectivity index (χ4n) is 4.13. The van der Waals surface area contributed by atoms with E-state index in [-0.39, 0.29) is 0 Å². The average molecular weight is 268 g/mol. The monoisotopic (exact) mass is 267 g/mol. The van der Waals surface area contributed by atoms with Crippen LogP contribution in [0, 0.1) is 17.8 Å². The number of hydrogen-bond acceptors (Lipinski definition) is 2. The number of fused-ring (bicyclic) bond motifs is 2. The Morgan fingerprint density at radius 2 is 1.94 bits per heavy atom. The van der Waals surface area contributed by atoms with Crippen LogP contribution in [-0.2, 0) is 0 Å². The Hall–Kier alpha value is -0.570. The summed E-state index contributed by atoms with van der Waals surface area (Å²) < 4.78 is 2.18. The molecule has 18 heavy (non-hydrogen) atoms. The van der Waals surface area contributed by atoms with Crippen LogP contribution in [0.5, 0.6) is 0 Å². The van der Waals surface area contributed by atoms with Gasteiger partial charge in [-0.15, -0.1) is 10.2 Å². The molecule has 2 aliphatic rings. The highest BCUT2D eigenvalue weighted by atomic mass is 35.5. The van der Waals surface area contributed by atoms with E-state index in [1.807, 2.05) is 0 Å². The Morgan fingerprint density at radius 3 is 2.50 bits per heavy atom. The normalized spacial score (nSPS) is 32.4. The summed E-state index contributed by atoms with van der Waals surface area (Å²) in [6.45, 7) is 6.61. The van der Waals surface area contributed by atoms with Gasteiger partial charge >= 0.3 is 0 Å². The summed E-state index contributed by atoms with van der Waals surface area (Å²) in [5.74, 6) is 4.07. The molecule has 1 aromatic rings. The summed E-state index contributed by atoms with van der Waals surface area (Å²) in [5, 5.41) is 8.89. The highest BCUT2D eigenvalue weighted by Gasteiger charge is 2.43. The van der Waals surface area contributed by atoms with Crippen LogP contribution in [-0.4, -0.2) is 14.8 Å². The number of nitrogens with zero attached hydrogens (tertiary/aromatic N) is 3. The molecule has 1 heterocycles. The average Bonchev–Trinajstić information content (AvgIpc) is 3.01. The summed E-state index contributed by atoms with van der Waals surface area (Å²) in [7, 11) is 0. The first-order valence-corrected chi connectivity index (χ1v) is 7.56. The van der Waals surface area contributed by atoms with Gasteiger partial charge < -0.3 is 0 Å². The predicted molar refractivity (Wildman–Crippen MR) is 72.8 cm³/mol. The molecule has 0 aliphatic heterocycles. The number of aromatic nitrogens is 3. The van der Waals surface area contributed by atoms with Gasteiger partial charge in [0, 0.05) is 12.0 Å². The van der Waals surface area contributed by atoms with Gasteiger partial charge in [0.2, 0.25) is 5.28 Å². The molecule has 4 unspecified atom stereocenters. The maximum atomic E-state index is 6.25. The zero-order valence-corrected chi connectivity index (χ0v) is 12.2. The van der Waals surface area contributed by atoms with E-state index in [1.165, 1.54) is 25.7 Å². The maximum Gasteiger partial charge on any atom is 0.225 e. The molecule has 0 aromatic carbocycles. The molecule has 0 N–H and O–H groups in total. The number of hydrogen-bond donors (Lipinski definition) is 0. The van der Waals surface area contributed by atoms with Gasteiger partial charge in [-0.25, -0.2) is 0 Å². The Balaban J connectivity index is 1.88. The van der Waals surface area contributed by atoms with Crippen molar-refractivity contribution in [3.63, 3.8) is 0 Å². The fraction of sp³-hybridized carbons (Fsp3) is 0.857. The molecule has 2 fully saturated rings. The lowest BCUT2D eigenvalue weighted by Crippen LogP contribution is -2.24. The predicted octanol–water partition coefficient (Wildman–Crippen LogP) is 4.05. The molecule has 3 nitrogen and oxygen atoms in total. The van der Waals surface area contributed by atoms with Crippen molar-refractivity contribution < 1.29 is 0 Å². The molecule has 100 valence electrons. The van der Waals surface area contributed by atoms with Crippen LogP contribution in [0.15, 0.2) is 0 Å². The van der Waals surface area contributed by atoms with Gasteiger partial charge in [-0.2, -0.15) is 0 Å². The second-order valence-electron chi connectivity index (χ2n) is 6.43. The van der Waals surface area contributed by atoms with E-state index < -0.39 is 0 Å². The van der Waals surface area contributed by atoms with Crippen molar-refractivity contribution in [2.24, 2.45) is 17.8 Å². The zero-order chi connectivity index (χ0) is 12.9. The molecule has 2 bridgehead atoms. The molecule has 0 amide bonds. The molecule has 4 heteroatoms. The van der Waals surface area contributed by atoms with E-state index in [0.717, 1.165) is 23.6 Å². The van der Waals surface area contributed by atoms with Crippen LogP contribution in [0.2, 0.25) is 5.28 Å². The van der Waals surface area contributed by atoms with Crippen molar-refractivity contribution in [1.29, 1.82) is 0 Å². The fourth-order valence-corrected chi connectivity index (χ4v) is 4.41. The second-order valence-corrected chi connectivity index (χ2v) is 6.77. The van der Waals surface area contributed by atoms with Crippen molar-refractivity contribution in [1.82, 2.24) is 14.8 Å². The number of halogens is 1. The first kappa shape index (κ1) is 12.5. The Labute approximate surface area is 114 Å². The molecule has 0 radical (unpaired) electrons. The highest BCUT2D eigenvalue weighted by Crippen LogP contribution is 2.52. The Bertz CT molecular complexity index is 440. The smallest absolute Gasteiger partial charge is 0.225 e. The molecule has 0 saturated heterocycles. The standard InChI is InChI=1S/C14H22ClN3/c1-8(2)13-16-17-14(15)18(13)9(3)12-7-10-4-5-11(12)6-10/h8-12H,4-7H2,1-3H3. The zero-order valence-electron chi connectivity index (χ0n) is 11.4. The molecule has 2 saturated carbocycles. The minimum Gasteiger partial charge on any atom is -0.298 e. The lowest BCUT2D eigenvalue weighted by molar-refractivity contribution is 0.238. The third-order valence-electron chi connectivity index (χ3n) is 5.02. The second kappa shape index (κ2) is 4.52. The first-order valence-electron chi connectivity index (χ1n) is 7.18. The van der Waals surface area contributed by atoms with E-state index in [1.54, 1.807) is 0 Å². The summed E-state index contributed by atoms with van der Waals surface area (Å²) in [6, 6.07) is 0.445. The topological polar surface area (TPSA) is 30.7 Å². The van der Waals surface area contributed by atoms with Crippen LogP contribution >= 0.6 is 11.6 Å². The lowest BCUT2D eigenvalue weighted by atomic mass is 9.84. The minimum atomic E-state index is 0.381. The molecular weight excluding hydrogens is 246 g/mol. The Morgan fingerprint density at radius 1 is 1.17 bits per heavy atom. The summed E-state index contributed by atoms with van der Waals surface area (Å²) >= 11 is 6.25. The minimum absolute atomic E-state index is 0.381. The van der Waals surface area contributed by atoms with Crippen molar-refractivity contribution in [3.8, 4) is 0 Å². The van der Waals surface area contributed by atoms with E-state index in [0.29, 0.717) is 17.2 Å². The van der Waals surface area contributed by atoms with Gasteiger partial charge in [-0.1, -0.05) is 20.3 Å². The van der Waals surface area contributed by atoms with E-state index >= 15 is 0 Å². The van der Waals surface area contributed by atoms with Crippen molar-refractivity contribution in [2.75, 3.05) is 0 Å². The molecule has 1 aromatic heterocycles. The van der Waals surface area contributed by atoms with Gasteiger partial charge in [0.15, 0.2) is 0 Å². The highest BCUT2D eigenvalue weighted by molar-refractivity contribution is 6.28. The third-order valence-corrected chi connectivity index (χ3v) is 5.27. The van der Waals surface area contributed by atoms with Crippen LogP contribution in [0.3, 0.4) is 0 Å². The largest absolute Gasteiger partial charge is 0.298 e.